The number of guanidine groups is 1. The number of piperidine rings is 2. The van der Waals surface area contributed by atoms with Crippen LogP contribution in [0.3, 0.4) is 0 Å². The Bertz CT molecular complexity index is 989. The zero-order valence-electron chi connectivity index (χ0n) is 19.9. The average Bonchev–Trinajstić information content (AvgIpc) is 2.81. The van der Waals surface area contributed by atoms with Crippen molar-refractivity contribution < 1.29 is 23.1 Å². The number of carbonyl (C=O) groups is 2. The van der Waals surface area contributed by atoms with Gasteiger partial charge in [0.1, 0.15) is 6.04 Å². The molecule has 3 atom stereocenters. The lowest BCUT2D eigenvalue weighted by Gasteiger charge is -2.35. The smallest absolute Gasteiger partial charge is 0.241 e. The standard InChI is InChI=1S/C23H36N6O5S/c24-23(25)29-11-4-8-18(13-29)12-19(15-30)26-21(31)14-28-10-5-9-20(22(28)32)27-35(33,34)16-17-6-2-1-3-7-17/h1-3,6-7,18-20,27,30H,4-5,8-16H2,(H3,24,25)(H,26,31). The quantitative estimate of drug-likeness (QED) is 0.211. The molecular formula is C23H36N6O5S. The molecule has 194 valence electrons. The maximum Gasteiger partial charge on any atom is 0.241 e. The summed E-state index contributed by atoms with van der Waals surface area (Å²) in [5, 5.41) is 20.2. The van der Waals surface area contributed by atoms with E-state index in [0.29, 0.717) is 37.9 Å². The van der Waals surface area contributed by atoms with E-state index in [1.807, 2.05) is 0 Å². The van der Waals surface area contributed by atoms with Gasteiger partial charge in [-0.05, 0) is 43.6 Å². The van der Waals surface area contributed by atoms with Crippen molar-refractivity contribution in [2.45, 2.75) is 49.9 Å². The molecule has 3 rings (SSSR count). The second kappa shape index (κ2) is 12.3. The molecule has 35 heavy (non-hydrogen) atoms. The number of rotatable bonds is 10. The number of nitrogens with zero attached hydrogens (tertiary/aromatic N) is 2. The third-order valence-electron chi connectivity index (χ3n) is 6.45. The van der Waals surface area contributed by atoms with Crippen molar-refractivity contribution in [3.8, 4) is 0 Å². The summed E-state index contributed by atoms with van der Waals surface area (Å²) in [6.07, 6.45) is 3.30. The average molecular weight is 509 g/mol. The van der Waals surface area contributed by atoms with Gasteiger partial charge in [-0.25, -0.2) is 13.1 Å². The second-order valence-corrected chi connectivity index (χ2v) is 11.1. The predicted octanol–water partition coefficient (Wildman–Crippen LogP) is -0.430. The Morgan fingerprint density at radius 1 is 1.20 bits per heavy atom. The first-order valence-electron chi connectivity index (χ1n) is 12.0. The van der Waals surface area contributed by atoms with E-state index in [2.05, 4.69) is 10.0 Å². The molecule has 12 heteroatoms. The van der Waals surface area contributed by atoms with Crippen molar-refractivity contribution in [2.24, 2.45) is 11.7 Å². The molecule has 2 saturated heterocycles. The van der Waals surface area contributed by atoms with E-state index in [9.17, 15) is 23.1 Å². The number of carbonyl (C=O) groups excluding carboxylic acids is 2. The molecule has 0 aromatic heterocycles. The number of hydrogen-bond donors (Lipinski definition) is 5. The molecule has 0 aliphatic carbocycles. The normalized spacial score (nSPS) is 22.0. The Kier molecular flexibility index (Phi) is 9.47. The highest BCUT2D eigenvalue weighted by Gasteiger charge is 2.33. The minimum Gasteiger partial charge on any atom is -0.394 e. The summed E-state index contributed by atoms with van der Waals surface area (Å²) in [7, 11) is -3.73. The zero-order chi connectivity index (χ0) is 25.4. The summed E-state index contributed by atoms with van der Waals surface area (Å²) in [5.41, 5.74) is 6.21. The summed E-state index contributed by atoms with van der Waals surface area (Å²) in [6, 6.07) is 7.35. The van der Waals surface area contributed by atoms with Crippen LogP contribution in [0.1, 0.15) is 37.7 Å². The number of benzene rings is 1. The van der Waals surface area contributed by atoms with Crippen LogP contribution in [0.25, 0.3) is 0 Å². The van der Waals surface area contributed by atoms with Gasteiger partial charge in [0, 0.05) is 19.6 Å². The molecule has 0 radical (unpaired) electrons. The summed E-state index contributed by atoms with van der Waals surface area (Å²) in [6.45, 7) is 1.27. The van der Waals surface area contributed by atoms with Gasteiger partial charge in [0.25, 0.3) is 0 Å². The van der Waals surface area contributed by atoms with Crippen LogP contribution in [-0.4, -0.2) is 86.0 Å². The molecule has 2 amide bonds. The van der Waals surface area contributed by atoms with Crippen LogP contribution in [0.15, 0.2) is 30.3 Å². The zero-order valence-corrected chi connectivity index (χ0v) is 20.7. The minimum atomic E-state index is -3.73. The Hall–Kier alpha value is -2.70. The van der Waals surface area contributed by atoms with Crippen LogP contribution in [0.5, 0.6) is 0 Å². The number of sulfonamides is 1. The highest BCUT2D eigenvalue weighted by molar-refractivity contribution is 7.88. The molecule has 6 N–H and O–H groups in total. The fourth-order valence-electron chi connectivity index (χ4n) is 4.76. The maximum absolute atomic E-state index is 12.9. The minimum absolute atomic E-state index is 0.0249. The molecule has 0 bridgehead atoms. The van der Waals surface area contributed by atoms with Gasteiger partial charge in [-0.15, -0.1) is 0 Å². The molecule has 2 aliphatic heterocycles. The Balaban J connectivity index is 1.50. The van der Waals surface area contributed by atoms with Gasteiger partial charge < -0.3 is 26.0 Å². The highest BCUT2D eigenvalue weighted by Crippen LogP contribution is 2.21. The van der Waals surface area contributed by atoms with Gasteiger partial charge in [0.2, 0.25) is 21.8 Å². The van der Waals surface area contributed by atoms with Gasteiger partial charge in [0.15, 0.2) is 5.96 Å². The van der Waals surface area contributed by atoms with Crippen molar-refractivity contribution in [1.82, 2.24) is 19.8 Å². The molecule has 11 nitrogen and oxygen atoms in total. The van der Waals surface area contributed by atoms with Crippen molar-refractivity contribution in [2.75, 3.05) is 32.8 Å². The Labute approximate surface area is 206 Å². The summed E-state index contributed by atoms with van der Waals surface area (Å²) >= 11 is 0. The maximum atomic E-state index is 12.9. The van der Waals surface area contributed by atoms with Crippen molar-refractivity contribution >= 4 is 27.8 Å². The van der Waals surface area contributed by atoms with Crippen LogP contribution < -0.4 is 15.8 Å². The SMILES string of the molecule is N=C(N)N1CCCC(CC(CO)NC(=O)CN2CCCC(NS(=O)(=O)Cc3ccccc3)C2=O)C1. The largest absolute Gasteiger partial charge is 0.394 e. The Morgan fingerprint density at radius 2 is 1.91 bits per heavy atom. The molecule has 3 unspecified atom stereocenters. The summed E-state index contributed by atoms with van der Waals surface area (Å²) in [5.74, 6) is -0.835. The van der Waals surface area contributed by atoms with E-state index in [0.717, 1.165) is 19.4 Å². The molecule has 2 fully saturated rings. The van der Waals surface area contributed by atoms with E-state index >= 15 is 0 Å². The first-order chi connectivity index (χ1) is 16.7. The predicted molar refractivity (Wildman–Crippen MR) is 132 cm³/mol. The van der Waals surface area contributed by atoms with E-state index in [-0.39, 0.29) is 30.8 Å². The number of nitrogens with one attached hydrogen (secondary N) is 3. The van der Waals surface area contributed by atoms with E-state index < -0.39 is 33.9 Å². The van der Waals surface area contributed by atoms with Gasteiger partial charge in [-0.3, -0.25) is 15.0 Å². The van der Waals surface area contributed by atoms with Crippen LogP contribution in [0, 0.1) is 11.3 Å². The third-order valence-corrected chi connectivity index (χ3v) is 7.81. The fourth-order valence-corrected chi connectivity index (χ4v) is 6.13. The lowest BCUT2D eigenvalue weighted by molar-refractivity contribution is -0.139. The fraction of sp³-hybridized carbons (Fsp3) is 0.609. The Morgan fingerprint density at radius 3 is 2.60 bits per heavy atom. The van der Waals surface area contributed by atoms with Crippen molar-refractivity contribution in [3.05, 3.63) is 35.9 Å². The van der Waals surface area contributed by atoms with Gasteiger partial charge in [-0.1, -0.05) is 30.3 Å². The second-order valence-electron chi connectivity index (χ2n) is 9.34. The molecule has 1 aromatic rings. The lowest BCUT2D eigenvalue weighted by atomic mass is 9.91. The van der Waals surface area contributed by atoms with Crippen LogP contribution in [-0.2, 0) is 25.4 Å². The topological polar surface area (TPSA) is 169 Å². The van der Waals surface area contributed by atoms with Crippen molar-refractivity contribution in [1.29, 1.82) is 5.41 Å². The van der Waals surface area contributed by atoms with E-state index in [1.165, 1.54) is 4.90 Å². The number of aliphatic hydroxyl groups is 1. The first kappa shape index (κ1) is 26.9. The molecule has 0 saturated carbocycles. The number of likely N-dealkylation sites (tertiary alicyclic amines) is 2. The summed E-state index contributed by atoms with van der Waals surface area (Å²) < 4.78 is 27.6. The number of aliphatic hydroxyl groups excluding tert-OH is 1. The van der Waals surface area contributed by atoms with Crippen LogP contribution >= 0.6 is 0 Å². The molecule has 2 aliphatic rings. The highest BCUT2D eigenvalue weighted by atomic mass is 32.2. The molecule has 1 aromatic carbocycles. The monoisotopic (exact) mass is 508 g/mol. The number of amides is 2. The molecule has 0 spiro atoms. The van der Waals surface area contributed by atoms with Gasteiger partial charge >= 0.3 is 0 Å². The van der Waals surface area contributed by atoms with E-state index in [4.69, 9.17) is 11.1 Å². The lowest BCUT2D eigenvalue weighted by Crippen LogP contribution is -2.55. The molecule has 2 heterocycles. The first-order valence-corrected chi connectivity index (χ1v) is 13.6. The van der Waals surface area contributed by atoms with Crippen molar-refractivity contribution in [3.63, 3.8) is 0 Å². The van der Waals surface area contributed by atoms with Crippen LogP contribution in [0.4, 0.5) is 0 Å². The van der Waals surface area contributed by atoms with Gasteiger partial charge in [-0.2, -0.15) is 0 Å². The van der Waals surface area contributed by atoms with E-state index in [1.54, 1.807) is 35.2 Å². The third kappa shape index (κ3) is 8.18. The number of nitrogens with two attached hydrogens (primary N) is 1. The summed E-state index contributed by atoms with van der Waals surface area (Å²) in [4.78, 5) is 28.7. The van der Waals surface area contributed by atoms with Crippen LogP contribution in [0.2, 0.25) is 0 Å². The molecular weight excluding hydrogens is 472 g/mol. The van der Waals surface area contributed by atoms with Gasteiger partial charge in [0.05, 0.1) is 24.9 Å². The number of hydrogen-bond acceptors (Lipinski definition) is 6.